The van der Waals surface area contributed by atoms with Crippen LogP contribution in [0.1, 0.15) is 24.8 Å². The normalized spacial score (nSPS) is 23.4. The van der Waals surface area contributed by atoms with Gasteiger partial charge in [-0.3, -0.25) is 0 Å². The second kappa shape index (κ2) is 8.60. The van der Waals surface area contributed by atoms with Gasteiger partial charge in [0.05, 0.1) is 16.7 Å². The molecule has 0 bridgehead atoms. The predicted molar refractivity (Wildman–Crippen MR) is 91.6 cm³/mol. The zero-order chi connectivity index (χ0) is 13.8. The maximum atomic E-state index is 6.14. The first-order valence-electron chi connectivity index (χ1n) is 6.83. The maximum Gasteiger partial charge on any atom is 0.0595 e. The minimum atomic E-state index is 0. The largest absolute Gasteiger partial charge is 0.381 e. The Labute approximate surface area is 142 Å². The molecule has 1 saturated heterocycles. The number of hydrogen-bond acceptors (Lipinski definition) is 2. The third kappa shape index (κ3) is 4.60. The van der Waals surface area contributed by atoms with E-state index in [9.17, 15) is 0 Å². The number of piperidine rings is 1. The van der Waals surface area contributed by atoms with Gasteiger partial charge < -0.3 is 9.64 Å². The summed E-state index contributed by atoms with van der Waals surface area (Å²) in [6, 6.07) is 6.01. The van der Waals surface area contributed by atoms with Crippen LogP contribution < -0.4 is 0 Å². The molecule has 0 radical (unpaired) electrons. The first-order chi connectivity index (χ1) is 9.11. The standard InChI is InChI=1S/C15H21Cl2NO.BrH/c1-3-19-10-12-9-18(2)7-6-13(12)11-4-5-14(16)15(17)8-11;/h4-5,8,12-13H,3,6-7,9-10H2,1-2H3;1H/t12-,13+;/m0./s1. The van der Waals surface area contributed by atoms with Gasteiger partial charge in [-0.2, -0.15) is 0 Å². The number of likely N-dealkylation sites (tertiary alicyclic amines) is 1. The second-order valence-corrected chi connectivity index (χ2v) is 6.06. The second-order valence-electron chi connectivity index (χ2n) is 5.25. The van der Waals surface area contributed by atoms with Crippen LogP contribution in [0, 0.1) is 5.92 Å². The third-order valence-electron chi connectivity index (χ3n) is 3.84. The monoisotopic (exact) mass is 381 g/mol. The fourth-order valence-corrected chi connectivity index (χ4v) is 3.14. The molecule has 1 aromatic carbocycles. The molecule has 5 heteroatoms. The Bertz CT molecular complexity index is 430. The predicted octanol–water partition coefficient (Wildman–Crippen LogP) is 4.64. The van der Waals surface area contributed by atoms with E-state index >= 15 is 0 Å². The Morgan fingerprint density at radius 3 is 2.70 bits per heavy atom. The van der Waals surface area contributed by atoms with Crippen molar-refractivity contribution in [2.75, 3.05) is 33.4 Å². The lowest BCUT2D eigenvalue weighted by atomic mass is 9.81. The van der Waals surface area contributed by atoms with Gasteiger partial charge in [0.1, 0.15) is 0 Å². The molecule has 0 N–H and O–H groups in total. The Morgan fingerprint density at radius 2 is 2.05 bits per heavy atom. The van der Waals surface area contributed by atoms with Gasteiger partial charge in [0.2, 0.25) is 0 Å². The van der Waals surface area contributed by atoms with E-state index in [1.165, 1.54) is 5.56 Å². The fourth-order valence-electron chi connectivity index (χ4n) is 2.83. The molecule has 0 unspecified atom stereocenters. The van der Waals surface area contributed by atoms with Crippen molar-refractivity contribution in [2.45, 2.75) is 19.3 Å². The molecule has 2 nitrogen and oxygen atoms in total. The van der Waals surface area contributed by atoms with Gasteiger partial charge in [-0.15, -0.1) is 17.0 Å². The van der Waals surface area contributed by atoms with Crippen LogP contribution in [0.5, 0.6) is 0 Å². The molecule has 20 heavy (non-hydrogen) atoms. The molecular formula is C15H22BrCl2NO. The van der Waals surface area contributed by atoms with Crippen LogP contribution in [-0.4, -0.2) is 38.3 Å². The van der Waals surface area contributed by atoms with E-state index in [1.807, 2.05) is 19.1 Å². The summed E-state index contributed by atoms with van der Waals surface area (Å²) in [5, 5.41) is 1.27. The smallest absolute Gasteiger partial charge is 0.0595 e. The summed E-state index contributed by atoms with van der Waals surface area (Å²) in [6.45, 7) is 5.82. The van der Waals surface area contributed by atoms with Crippen molar-refractivity contribution in [3.8, 4) is 0 Å². The van der Waals surface area contributed by atoms with E-state index in [4.69, 9.17) is 27.9 Å². The molecule has 0 amide bonds. The molecule has 114 valence electrons. The molecule has 1 fully saturated rings. The van der Waals surface area contributed by atoms with Gasteiger partial charge in [-0.05, 0) is 50.6 Å². The summed E-state index contributed by atoms with van der Waals surface area (Å²) in [7, 11) is 2.17. The van der Waals surface area contributed by atoms with Crippen molar-refractivity contribution >= 4 is 40.2 Å². The number of benzene rings is 1. The summed E-state index contributed by atoms with van der Waals surface area (Å²) < 4.78 is 5.64. The van der Waals surface area contributed by atoms with E-state index in [-0.39, 0.29) is 17.0 Å². The summed E-state index contributed by atoms with van der Waals surface area (Å²) in [4.78, 5) is 2.37. The summed E-state index contributed by atoms with van der Waals surface area (Å²) in [5.41, 5.74) is 1.28. The van der Waals surface area contributed by atoms with Crippen molar-refractivity contribution in [1.82, 2.24) is 4.90 Å². The molecular weight excluding hydrogens is 361 g/mol. The Hall–Kier alpha value is 0.200. The van der Waals surface area contributed by atoms with Crippen molar-refractivity contribution in [3.05, 3.63) is 33.8 Å². The average molecular weight is 383 g/mol. The van der Waals surface area contributed by atoms with Crippen LogP contribution in [0.15, 0.2) is 18.2 Å². The van der Waals surface area contributed by atoms with Crippen LogP contribution in [-0.2, 0) is 4.74 Å². The average Bonchev–Trinajstić information content (AvgIpc) is 2.40. The quantitative estimate of drug-likeness (QED) is 0.751. The number of halogens is 3. The highest BCUT2D eigenvalue weighted by molar-refractivity contribution is 8.93. The highest BCUT2D eigenvalue weighted by atomic mass is 79.9. The van der Waals surface area contributed by atoms with Gasteiger partial charge in [-0.1, -0.05) is 29.3 Å². The third-order valence-corrected chi connectivity index (χ3v) is 4.58. The van der Waals surface area contributed by atoms with E-state index in [2.05, 4.69) is 18.0 Å². The van der Waals surface area contributed by atoms with Crippen LogP contribution in [0.25, 0.3) is 0 Å². The lowest BCUT2D eigenvalue weighted by Crippen LogP contribution is -2.39. The Morgan fingerprint density at radius 1 is 1.30 bits per heavy atom. The van der Waals surface area contributed by atoms with E-state index < -0.39 is 0 Å². The number of rotatable bonds is 4. The first-order valence-corrected chi connectivity index (χ1v) is 7.58. The molecule has 2 rings (SSSR count). The first kappa shape index (κ1) is 18.2. The molecule has 1 aliphatic heterocycles. The minimum Gasteiger partial charge on any atom is -0.381 e. The fraction of sp³-hybridized carbons (Fsp3) is 0.600. The van der Waals surface area contributed by atoms with Crippen LogP contribution in [0.3, 0.4) is 0 Å². The minimum absolute atomic E-state index is 0. The van der Waals surface area contributed by atoms with Crippen molar-refractivity contribution in [2.24, 2.45) is 5.92 Å². The van der Waals surface area contributed by atoms with Crippen LogP contribution in [0.4, 0.5) is 0 Å². The number of nitrogens with zero attached hydrogens (tertiary/aromatic N) is 1. The van der Waals surface area contributed by atoms with Gasteiger partial charge in [-0.25, -0.2) is 0 Å². The summed E-state index contributed by atoms with van der Waals surface area (Å²) in [5.74, 6) is 1.04. The van der Waals surface area contributed by atoms with E-state index in [1.54, 1.807) is 0 Å². The molecule has 0 spiro atoms. The lowest BCUT2D eigenvalue weighted by molar-refractivity contribution is 0.0628. The van der Waals surface area contributed by atoms with Gasteiger partial charge >= 0.3 is 0 Å². The number of ether oxygens (including phenoxy) is 1. The highest BCUT2D eigenvalue weighted by Gasteiger charge is 2.29. The molecule has 2 atom stereocenters. The zero-order valence-corrected chi connectivity index (χ0v) is 15.2. The van der Waals surface area contributed by atoms with E-state index in [0.717, 1.165) is 32.7 Å². The summed E-state index contributed by atoms with van der Waals surface area (Å²) in [6.07, 6.45) is 1.15. The topological polar surface area (TPSA) is 12.5 Å². The zero-order valence-electron chi connectivity index (χ0n) is 11.9. The Balaban J connectivity index is 0.00000200. The van der Waals surface area contributed by atoms with Gasteiger partial charge in [0.25, 0.3) is 0 Å². The molecule has 1 aromatic rings. The number of hydrogen-bond donors (Lipinski definition) is 0. The maximum absolute atomic E-state index is 6.14. The highest BCUT2D eigenvalue weighted by Crippen LogP contribution is 2.35. The van der Waals surface area contributed by atoms with Crippen molar-refractivity contribution < 1.29 is 4.74 Å². The molecule has 1 aliphatic rings. The molecule has 0 aromatic heterocycles. The molecule has 0 saturated carbocycles. The van der Waals surface area contributed by atoms with E-state index in [0.29, 0.717) is 21.9 Å². The lowest BCUT2D eigenvalue weighted by Gasteiger charge is -2.37. The van der Waals surface area contributed by atoms with Gasteiger partial charge in [0, 0.05) is 19.1 Å². The Kier molecular flexibility index (Phi) is 7.84. The molecule has 1 heterocycles. The molecule has 0 aliphatic carbocycles. The van der Waals surface area contributed by atoms with Gasteiger partial charge in [0.15, 0.2) is 0 Å². The van der Waals surface area contributed by atoms with Crippen LogP contribution >= 0.6 is 40.2 Å². The van der Waals surface area contributed by atoms with Crippen molar-refractivity contribution in [1.29, 1.82) is 0 Å². The summed E-state index contributed by atoms with van der Waals surface area (Å²) >= 11 is 12.1. The SMILES string of the molecule is Br.CCOC[C@@H]1CN(C)CC[C@@H]1c1ccc(Cl)c(Cl)c1. The van der Waals surface area contributed by atoms with Crippen LogP contribution in [0.2, 0.25) is 10.0 Å². The van der Waals surface area contributed by atoms with Crippen molar-refractivity contribution in [3.63, 3.8) is 0 Å².